The van der Waals surface area contributed by atoms with Crippen molar-refractivity contribution < 1.29 is 4.79 Å². The molecule has 0 atom stereocenters. The van der Waals surface area contributed by atoms with E-state index in [2.05, 4.69) is 5.32 Å². The second kappa shape index (κ2) is 5.45. The average molecular weight is 265 g/mol. The molecule has 0 fully saturated rings. The fourth-order valence-electron chi connectivity index (χ4n) is 1.86. The molecular weight excluding hydrogens is 250 g/mol. The lowest BCUT2D eigenvalue weighted by Gasteiger charge is -2.11. The predicted molar refractivity (Wildman–Crippen MR) is 79.4 cm³/mol. The topological polar surface area (TPSA) is 78.9 Å². The number of nitrogens with zero attached hydrogens (tertiary/aromatic N) is 1. The Hall–Kier alpha value is -2.80. The minimum absolute atomic E-state index is 0.207. The van der Waals surface area contributed by atoms with Crippen molar-refractivity contribution in [2.45, 2.75) is 13.8 Å². The van der Waals surface area contributed by atoms with Crippen molar-refractivity contribution >= 4 is 17.3 Å². The average Bonchev–Trinajstić information content (AvgIpc) is 2.44. The second-order valence-corrected chi connectivity index (χ2v) is 4.67. The summed E-state index contributed by atoms with van der Waals surface area (Å²) in [5.41, 5.74) is 10.1. The van der Waals surface area contributed by atoms with Crippen molar-refractivity contribution in [1.82, 2.24) is 0 Å². The number of rotatable bonds is 2. The highest BCUT2D eigenvalue weighted by molar-refractivity contribution is 6.04. The smallest absolute Gasteiger partial charge is 0.255 e. The molecule has 0 saturated carbocycles. The first-order chi connectivity index (χ1) is 9.51. The molecule has 0 aliphatic rings. The highest BCUT2D eigenvalue weighted by Gasteiger charge is 2.09. The number of hydrogen-bond acceptors (Lipinski definition) is 3. The number of nitrogens with one attached hydrogen (secondary N) is 1. The summed E-state index contributed by atoms with van der Waals surface area (Å²) in [6.45, 7) is 3.79. The fraction of sp³-hybridized carbons (Fsp3) is 0.125. The van der Waals surface area contributed by atoms with Gasteiger partial charge < -0.3 is 11.1 Å². The minimum Gasteiger partial charge on any atom is -0.399 e. The van der Waals surface area contributed by atoms with E-state index in [0.717, 1.165) is 16.8 Å². The summed E-state index contributed by atoms with van der Waals surface area (Å²) >= 11 is 0. The minimum atomic E-state index is -0.207. The van der Waals surface area contributed by atoms with E-state index in [4.69, 9.17) is 11.0 Å². The third-order valence-corrected chi connectivity index (χ3v) is 3.14. The molecule has 0 aromatic heterocycles. The van der Waals surface area contributed by atoms with E-state index in [1.54, 1.807) is 24.3 Å². The molecule has 0 spiro atoms. The molecule has 0 saturated heterocycles. The Morgan fingerprint density at radius 2 is 1.80 bits per heavy atom. The molecule has 0 heterocycles. The quantitative estimate of drug-likeness (QED) is 0.819. The van der Waals surface area contributed by atoms with Gasteiger partial charge in [0.25, 0.3) is 5.91 Å². The van der Waals surface area contributed by atoms with Gasteiger partial charge in [-0.25, -0.2) is 0 Å². The van der Waals surface area contributed by atoms with Crippen molar-refractivity contribution in [2.75, 3.05) is 11.1 Å². The summed E-state index contributed by atoms with van der Waals surface area (Å²) in [5, 5.41) is 11.6. The highest BCUT2D eigenvalue weighted by atomic mass is 16.1. The molecule has 1 amide bonds. The zero-order valence-electron chi connectivity index (χ0n) is 11.4. The molecule has 3 N–H and O–H groups in total. The first kappa shape index (κ1) is 13.6. The lowest BCUT2D eigenvalue weighted by molar-refractivity contribution is 0.102. The summed E-state index contributed by atoms with van der Waals surface area (Å²) in [7, 11) is 0. The third-order valence-electron chi connectivity index (χ3n) is 3.14. The van der Waals surface area contributed by atoms with Gasteiger partial charge in [-0.2, -0.15) is 5.26 Å². The fourth-order valence-corrected chi connectivity index (χ4v) is 1.86. The van der Waals surface area contributed by atoms with Crippen LogP contribution in [0.5, 0.6) is 0 Å². The zero-order chi connectivity index (χ0) is 14.7. The largest absolute Gasteiger partial charge is 0.399 e. The van der Waals surface area contributed by atoms with Gasteiger partial charge in [0.15, 0.2) is 0 Å². The lowest BCUT2D eigenvalue weighted by Crippen LogP contribution is -2.13. The number of carbonyl (C=O) groups is 1. The zero-order valence-corrected chi connectivity index (χ0v) is 11.4. The first-order valence-electron chi connectivity index (χ1n) is 6.19. The third kappa shape index (κ3) is 2.78. The van der Waals surface area contributed by atoms with Crippen LogP contribution in [0.15, 0.2) is 36.4 Å². The monoisotopic (exact) mass is 265 g/mol. The van der Waals surface area contributed by atoms with Crippen LogP contribution in [0.2, 0.25) is 0 Å². The number of nitrogens with two attached hydrogens (primary N) is 1. The van der Waals surface area contributed by atoms with Crippen molar-refractivity contribution in [3.8, 4) is 6.07 Å². The van der Waals surface area contributed by atoms with Gasteiger partial charge in [0.1, 0.15) is 0 Å². The normalized spacial score (nSPS) is 9.85. The van der Waals surface area contributed by atoms with Gasteiger partial charge >= 0.3 is 0 Å². The van der Waals surface area contributed by atoms with E-state index in [1.165, 1.54) is 0 Å². The molecule has 2 aromatic rings. The van der Waals surface area contributed by atoms with E-state index in [-0.39, 0.29) is 5.91 Å². The van der Waals surface area contributed by atoms with E-state index in [0.29, 0.717) is 16.8 Å². The van der Waals surface area contributed by atoms with Crippen LogP contribution in [0.4, 0.5) is 11.4 Å². The SMILES string of the molecule is Cc1cc(NC(=O)c2ccc(C#N)cc2)c(C)cc1N. The van der Waals surface area contributed by atoms with Crippen LogP contribution in [-0.4, -0.2) is 5.91 Å². The standard InChI is InChI=1S/C16H15N3O/c1-10-8-15(11(2)7-14(10)18)19-16(20)13-5-3-12(9-17)4-6-13/h3-8H,18H2,1-2H3,(H,19,20). The van der Waals surface area contributed by atoms with Crippen LogP contribution in [0.25, 0.3) is 0 Å². The second-order valence-electron chi connectivity index (χ2n) is 4.67. The maximum Gasteiger partial charge on any atom is 0.255 e. The van der Waals surface area contributed by atoms with Gasteiger partial charge in [-0.3, -0.25) is 4.79 Å². The number of nitrogen functional groups attached to an aromatic ring is 1. The summed E-state index contributed by atoms with van der Waals surface area (Å²) in [5.74, 6) is -0.207. The van der Waals surface area contributed by atoms with Crippen molar-refractivity contribution in [2.24, 2.45) is 0 Å². The molecule has 20 heavy (non-hydrogen) atoms. The molecule has 4 nitrogen and oxygen atoms in total. The summed E-state index contributed by atoms with van der Waals surface area (Å²) < 4.78 is 0. The Labute approximate surface area is 117 Å². The van der Waals surface area contributed by atoms with Crippen LogP contribution in [0.3, 0.4) is 0 Å². The Morgan fingerprint density at radius 3 is 2.40 bits per heavy atom. The van der Waals surface area contributed by atoms with E-state index < -0.39 is 0 Å². The van der Waals surface area contributed by atoms with Crippen molar-refractivity contribution in [3.05, 3.63) is 58.7 Å². The number of anilines is 2. The molecule has 4 heteroatoms. The van der Waals surface area contributed by atoms with Gasteiger partial charge in [0, 0.05) is 16.9 Å². The van der Waals surface area contributed by atoms with Crippen LogP contribution in [0, 0.1) is 25.2 Å². The van der Waals surface area contributed by atoms with E-state index >= 15 is 0 Å². The summed E-state index contributed by atoms with van der Waals surface area (Å²) in [4.78, 5) is 12.1. The Kier molecular flexibility index (Phi) is 3.72. The molecule has 100 valence electrons. The number of amides is 1. The lowest BCUT2D eigenvalue weighted by atomic mass is 10.1. The van der Waals surface area contributed by atoms with Gasteiger partial charge in [0.05, 0.1) is 11.6 Å². The number of hydrogen-bond donors (Lipinski definition) is 2. The van der Waals surface area contributed by atoms with Crippen LogP contribution < -0.4 is 11.1 Å². The predicted octanol–water partition coefficient (Wildman–Crippen LogP) is 3.01. The van der Waals surface area contributed by atoms with Gasteiger partial charge in [-0.05, 0) is 61.4 Å². The first-order valence-corrected chi connectivity index (χ1v) is 6.19. The molecule has 0 radical (unpaired) electrons. The number of nitriles is 1. The van der Waals surface area contributed by atoms with Crippen LogP contribution in [0.1, 0.15) is 27.0 Å². The van der Waals surface area contributed by atoms with Crippen molar-refractivity contribution in [1.29, 1.82) is 5.26 Å². The molecule has 2 aromatic carbocycles. The highest BCUT2D eigenvalue weighted by Crippen LogP contribution is 2.22. The van der Waals surface area contributed by atoms with E-state index in [1.807, 2.05) is 32.0 Å². The molecule has 0 aliphatic carbocycles. The number of aryl methyl sites for hydroxylation is 2. The van der Waals surface area contributed by atoms with Crippen molar-refractivity contribution in [3.63, 3.8) is 0 Å². The molecule has 0 aliphatic heterocycles. The Balaban J connectivity index is 2.23. The number of benzene rings is 2. The molecule has 0 unspecified atom stereocenters. The molecule has 0 bridgehead atoms. The summed E-state index contributed by atoms with van der Waals surface area (Å²) in [6.07, 6.45) is 0. The number of carbonyl (C=O) groups excluding carboxylic acids is 1. The van der Waals surface area contributed by atoms with E-state index in [9.17, 15) is 4.79 Å². The Bertz CT molecular complexity index is 697. The van der Waals surface area contributed by atoms with Gasteiger partial charge in [-0.15, -0.1) is 0 Å². The maximum absolute atomic E-state index is 12.1. The molecule has 2 rings (SSSR count). The maximum atomic E-state index is 12.1. The van der Waals surface area contributed by atoms with Gasteiger partial charge in [-0.1, -0.05) is 0 Å². The van der Waals surface area contributed by atoms with Gasteiger partial charge in [0.2, 0.25) is 0 Å². The Morgan fingerprint density at radius 1 is 1.15 bits per heavy atom. The van der Waals surface area contributed by atoms with Crippen LogP contribution >= 0.6 is 0 Å². The molecular formula is C16H15N3O. The van der Waals surface area contributed by atoms with Crippen LogP contribution in [-0.2, 0) is 0 Å². The summed E-state index contributed by atoms with van der Waals surface area (Å²) in [6, 6.07) is 12.2.